The van der Waals surface area contributed by atoms with E-state index in [4.69, 9.17) is 0 Å². The lowest BCUT2D eigenvalue weighted by Gasteiger charge is -2.37. The first-order chi connectivity index (χ1) is 6.61. The Morgan fingerprint density at radius 2 is 2.00 bits per heavy atom. The third-order valence-electron chi connectivity index (χ3n) is 4.23. The molecule has 1 spiro atoms. The van der Waals surface area contributed by atoms with Crippen molar-refractivity contribution in [3.05, 3.63) is 0 Å². The predicted molar refractivity (Wildman–Crippen MR) is 56.9 cm³/mol. The highest BCUT2D eigenvalue weighted by atomic mass is 16.1. The predicted octanol–water partition coefficient (Wildman–Crippen LogP) is 2.34. The van der Waals surface area contributed by atoms with E-state index in [1.165, 1.54) is 25.7 Å². The first kappa shape index (κ1) is 10.0. The third kappa shape index (κ3) is 1.79. The zero-order chi connectivity index (χ0) is 10.2. The number of carbonyl (C=O) groups is 1. The van der Waals surface area contributed by atoms with Gasteiger partial charge in [0.15, 0.2) is 0 Å². The molecule has 1 aliphatic carbocycles. The Morgan fingerprint density at radius 1 is 1.36 bits per heavy atom. The van der Waals surface area contributed by atoms with Gasteiger partial charge in [0.1, 0.15) is 0 Å². The highest BCUT2D eigenvalue weighted by molar-refractivity contribution is 5.79. The van der Waals surface area contributed by atoms with Crippen molar-refractivity contribution in [2.45, 2.75) is 46.0 Å². The molecular formula is C12H21NO. The average Bonchev–Trinajstić information content (AvgIpc) is 2.48. The molecule has 14 heavy (non-hydrogen) atoms. The van der Waals surface area contributed by atoms with Gasteiger partial charge >= 0.3 is 0 Å². The molecule has 0 aromatic rings. The minimum Gasteiger partial charge on any atom is -0.356 e. The second-order valence-corrected chi connectivity index (χ2v) is 5.53. The van der Waals surface area contributed by atoms with E-state index in [-0.39, 0.29) is 5.91 Å². The molecule has 2 rings (SSSR count). The van der Waals surface area contributed by atoms with Crippen molar-refractivity contribution < 1.29 is 4.79 Å². The van der Waals surface area contributed by atoms with E-state index in [1.54, 1.807) is 0 Å². The van der Waals surface area contributed by atoms with Gasteiger partial charge in [-0.15, -0.1) is 0 Å². The van der Waals surface area contributed by atoms with Crippen molar-refractivity contribution in [1.82, 2.24) is 5.32 Å². The Labute approximate surface area is 86.5 Å². The first-order valence-corrected chi connectivity index (χ1v) is 5.88. The fourth-order valence-electron chi connectivity index (χ4n) is 3.02. The lowest BCUT2D eigenvalue weighted by molar-refractivity contribution is -0.119. The maximum atomic E-state index is 11.2. The maximum Gasteiger partial charge on any atom is 0.220 e. The molecule has 1 N–H and O–H groups in total. The summed E-state index contributed by atoms with van der Waals surface area (Å²) in [5.74, 6) is 1.99. The molecule has 1 saturated heterocycles. The number of amides is 1. The van der Waals surface area contributed by atoms with Gasteiger partial charge in [0.05, 0.1) is 0 Å². The van der Waals surface area contributed by atoms with Gasteiger partial charge in [0.25, 0.3) is 0 Å². The van der Waals surface area contributed by atoms with Crippen LogP contribution < -0.4 is 5.32 Å². The average molecular weight is 195 g/mol. The summed E-state index contributed by atoms with van der Waals surface area (Å²) in [7, 11) is 0. The van der Waals surface area contributed by atoms with Gasteiger partial charge in [-0.1, -0.05) is 13.8 Å². The molecule has 2 nitrogen and oxygen atoms in total. The highest BCUT2D eigenvalue weighted by Crippen LogP contribution is 2.45. The smallest absolute Gasteiger partial charge is 0.220 e. The SMILES string of the molecule is CC(C)C1CCC2(CC1)CNC(=O)C2. The molecule has 0 radical (unpaired) electrons. The zero-order valence-corrected chi connectivity index (χ0v) is 9.31. The van der Waals surface area contributed by atoms with Crippen LogP contribution in [0.1, 0.15) is 46.0 Å². The topological polar surface area (TPSA) is 29.1 Å². The molecule has 1 aliphatic heterocycles. The number of rotatable bonds is 1. The molecule has 2 heteroatoms. The van der Waals surface area contributed by atoms with Gasteiger partial charge in [0.2, 0.25) is 5.91 Å². The first-order valence-electron chi connectivity index (χ1n) is 5.88. The molecular weight excluding hydrogens is 174 g/mol. The Kier molecular flexibility index (Phi) is 2.54. The zero-order valence-electron chi connectivity index (χ0n) is 9.31. The monoisotopic (exact) mass is 195 g/mol. The summed E-state index contributed by atoms with van der Waals surface area (Å²) in [6.07, 6.45) is 5.96. The molecule has 1 saturated carbocycles. The van der Waals surface area contributed by atoms with E-state index in [1.807, 2.05) is 0 Å². The van der Waals surface area contributed by atoms with Gasteiger partial charge in [-0.2, -0.15) is 0 Å². The molecule has 1 amide bonds. The van der Waals surface area contributed by atoms with Gasteiger partial charge in [-0.25, -0.2) is 0 Å². The van der Waals surface area contributed by atoms with Crippen LogP contribution in [-0.2, 0) is 4.79 Å². The van der Waals surface area contributed by atoms with E-state index in [9.17, 15) is 4.79 Å². The number of hydrogen-bond donors (Lipinski definition) is 1. The Bertz CT molecular complexity index is 226. The number of hydrogen-bond acceptors (Lipinski definition) is 1. The molecule has 0 aromatic heterocycles. The van der Waals surface area contributed by atoms with Crippen LogP contribution in [0.3, 0.4) is 0 Å². The van der Waals surface area contributed by atoms with Gasteiger partial charge < -0.3 is 5.32 Å². The van der Waals surface area contributed by atoms with Crippen LogP contribution in [0.2, 0.25) is 0 Å². The van der Waals surface area contributed by atoms with Crippen LogP contribution in [0.4, 0.5) is 0 Å². The van der Waals surface area contributed by atoms with E-state index in [0.29, 0.717) is 5.41 Å². The minimum atomic E-state index is 0.271. The summed E-state index contributed by atoms with van der Waals surface area (Å²) in [5, 5.41) is 2.99. The second-order valence-electron chi connectivity index (χ2n) is 5.53. The van der Waals surface area contributed by atoms with Crippen molar-refractivity contribution in [2.24, 2.45) is 17.3 Å². The van der Waals surface area contributed by atoms with Crippen LogP contribution in [0.25, 0.3) is 0 Å². The van der Waals surface area contributed by atoms with Crippen molar-refractivity contribution in [3.63, 3.8) is 0 Å². The molecule has 0 aromatic carbocycles. The van der Waals surface area contributed by atoms with Crippen LogP contribution in [0, 0.1) is 17.3 Å². The third-order valence-corrected chi connectivity index (χ3v) is 4.23. The molecule has 2 fully saturated rings. The normalized spacial score (nSPS) is 37.9. The van der Waals surface area contributed by atoms with Crippen LogP contribution in [-0.4, -0.2) is 12.5 Å². The van der Waals surface area contributed by atoms with Gasteiger partial charge in [0, 0.05) is 13.0 Å². The Morgan fingerprint density at radius 3 is 2.43 bits per heavy atom. The van der Waals surface area contributed by atoms with Gasteiger partial charge in [-0.05, 0) is 42.9 Å². The number of nitrogens with one attached hydrogen (secondary N) is 1. The maximum absolute atomic E-state index is 11.2. The molecule has 2 aliphatic rings. The standard InChI is InChI=1S/C12H21NO/c1-9(2)10-3-5-12(6-4-10)7-11(14)13-8-12/h9-10H,3-8H2,1-2H3,(H,13,14). The van der Waals surface area contributed by atoms with E-state index in [0.717, 1.165) is 24.8 Å². The Balaban J connectivity index is 1.92. The molecule has 80 valence electrons. The highest BCUT2D eigenvalue weighted by Gasteiger charge is 2.41. The lowest BCUT2D eigenvalue weighted by Crippen LogP contribution is -2.31. The Hall–Kier alpha value is -0.530. The minimum absolute atomic E-state index is 0.271. The quantitative estimate of drug-likeness (QED) is 0.683. The molecule has 1 heterocycles. The largest absolute Gasteiger partial charge is 0.356 e. The summed E-state index contributed by atoms with van der Waals surface area (Å²) in [6.45, 7) is 5.58. The summed E-state index contributed by atoms with van der Waals surface area (Å²) in [4.78, 5) is 11.2. The van der Waals surface area contributed by atoms with E-state index in [2.05, 4.69) is 19.2 Å². The fraction of sp³-hybridized carbons (Fsp3) is 0.917. The second kappa shape index (κ2) is 3.56. The van der Waals surface area contributed by atoms with Crippen LogP contribution in [0.5, 0.6) is 0 Å². The fourth-order valence-corrected chi connectivity index (χ4v) is 3.02. The summed E-state index contributed by atoms with van der Waals surface area (Å²) in [6, 6.07) is 0. The number of carbonyl (C=O) groups excluding carboxylic acids is 1. The van der Waals surface area contributed by atoms with E-state index >= 15 is 0 Å². The summed E-state index contributed by atoms with van der Waals surface area (Å²) in [5.41, 5.74) is 0.350. The lowest BCUT2D eigenvalue weighted by atomic mass is 9.67. The van der Waals surface area contributed by atoms with Crippen LogP contribution in [0.15, 0.2) is 0 Å². The molecule has 0 unspecified atom stereocenters. The summed E-state index contributed by atoms with van der Waals surface area (Å²) < 4.78 is 0. The molecule has 0 bridgehead atoms. The van der Waals surface area contributed by atoms with Crippen LogP contribution >= 0.6 is 0 Å². The van der Waals surface area contributed by atoms with Crippen molar-refractivity contribution in [2.75, 3.05) is 6.54 Å². The molecule has 0 atom stereocenters. The van der Waals surface area contributed by atoms with Gasteiger partial charge in [-0.3, -0.25) is 4.79 Å². The van der Waals surface area contributed by atoms with Crippen molar-refractivity contribution >= 4 is 5.91 Å². The summed E-state index contributed by atoms with van der Waals surface area (Å²) >= 11 is 0. The van der Waals surface area contributed by atoms with E-state index < -0.39 is 0 Å². The van der Waals surface area contributed by atoms with Crippen molar-refractivity contribution in [1.29, 1.82) is 0 Å². The van der Waals surface area contributed by atoms with Crippen molar-refractivity contribution in [3.8, 4) is 0 Å².